The van der Waals surface area contributed by atoms with Crippen LogP contribution in [0.15, 0.2) is 0 Å². The van der Waals surface area contributed by atoms with E-state index in [0.717, 1.165) is 6.42 Å². The molecule has 0 unspecified atom stereocenters. The normalized spacial score (nSPS) is 8.56. The molecule has 0 spiro atoms. The molecule has 0 saturated heterocycles. The number of hydrogen-bond acceptors (Lipinski definition) is 3. The van der Waals surface area contributed by atoms with E-state index in [2.05, 4.69) is 23.9 Å². The van der Waals surface area contributed by atoms with Gasteiger partial charge in [0.1, 0.15) is 6.54 Å². The number of nitrogens with zero attached hydrogens (tertiary/aromatic N) is 1. The number of carbonyl (C=O) groups excluding carboxylic acids is 2. The number of likely N-dealkylation sites (N-methyl/N-ethyl adjacent to an activating group) is 1. The number of nitrogens with one attached hydrogen (secondary N) is 1. The van der Waals surface area contributed by atoms with E-state index >= 15 is 0 Å². The minimum absolute atomic E-state index is 0.0107. The standard InChI is InChI=1S/C8H16N2O3.C3H8/c1-4-5-10(2)7(11)6-9-8(12)13-3;1-3-2/h4-6H2,1-3H3,(H,9,12);3H2,1-2H3. The number of rotatable bonds is 4. The molecule has 0 atom stereocenters. The second kappa shape index (κ2) is 11.8. The van der Waals surface area contributed by atoms with E-state index in [4.69, 9.17) is 0 Å². The van der Waals surface area contributed by atoms with Crippen LogP contribution in [0, 0.1) is 0 Å². The third-order valence-electron chi connectivity index (χ3n) is 1.55. The summed E-state index contributed by atoms with van der Waals surface area (Å²) in [5.41, 5.74) is 0. The summed E-state index contributed by atoms with van der Waals surface area (Å²) in [6.07, 6.45) is 1.57. The lowest BCUT2D eigenvalue weighted by molar-refractivity contribution is -0.128. The van der Waals surface area contributed by atoms with E-state index in [-0.39, 0.29) is 12.5 Å². The van der Waals surface area contributed by atoms with Crippen molar-refractivity contribution in [2.75, 3.05) is 27.2 Å². The van der Waals surface area contributed by atoms with Gasteiger partial charge in [0, 0.05) is 13.6 Å². The van der Waals surface area contributed by atoms with Crippen LogP contribution in [0.5, 0.6) is 0 Å². The molecule has 0 aromatic carbocycles. The molecule has 0 radical (unpaired) electrons. The van der Waals surface area contributed by atoms with Crippen LogP contribution in [-0.4, -0.2) is 44.1 Å². The monoisotopic (exact) mass is 232 g/mol. The van der Waals surface area contributed by atoms with Crippen LogP contribution < -0.4 is 5.32 Å². The Morgan fingerprint density at radius 3 is 2.12 bits per heavy atom. The van der Waals surface area contributed by atoms with Gasteiger partial charge < -0.3 is 15.0 Å². The Kier molecular flexibility index (Phi) is 12.7. The zero-order valence-electron chi connectivity index (χ0n) is 11.0. The average molecular weight is 232 g/mol. The van der Waals surface area contributed by atoms with Gasteiger partial charge in [-0.05, 0) is 6.42 Å². The molecule has 0 aromatic rings. The van der Waals surface area contributed by atoms with Crippen molar-refractivity contribution in [2.24, 2.45) is 0 Å². The molecule has 0 rings (SSSR count). The molecular weight excluding hydrogens is 208 g/mol. The second-order valence-electron chi connectivity index (χ2n) is 3.37. The van der Waals surface area contributed by atoms with Crippen LogP contribution in [0.25, 0.3) is 0 Å². The van der Waals surface area contributed by atoms with E-state index < -0.39 is 6.09 Å². The van der Waals surface area contributed by atoms with Crippen LogP contribution in [0.3, 0.4) is 0 Å². The summed E-state index contributed by atoms with van der Waals surface area (Å²) >= 11 is 0. The third-order valence-corrected chi connectivity index (χ3v) is 1.55. The van der Waals surface area contributed by atoms with Crippen LogP contribution in [-0.2, 0) is 9.53 Å². The van der Waals surface area contributed by atoms with Crippen LogP contribution in [0.2, 0.25) is 0 Å². The highest BCUT2D eigenvalue weighted by molar-refractivity contribution is 5.81. The quantitative estimate of drug-likeness (QED) is 0.801. The maximum absolute atomic E-state index is 11.2. The molecule has 96 valence electrons. The van der Waals surface area contributed by atoms with Crippen LogP contribution in [0.1, 0.15) is 33.6 Å². The van der Waals surface area contributed by atoms with Crippen molar-refractivity contribution < 1.29 is 14.3 Å². The molecule has 0 saturated carbocycles. The van der Waals surface area contributed by atoms with Gasteiger partial charge in [-0.25, -0.2) is 4.79 Å². The first-order chi connectivity index (χ1) is 7.53. The van der Waals surface area contributed by atoms with Gasteiger partial charge >= 0.3 is 6.09 Å². The van der Waals surface area contributed by atoms with Gasteiger partial charge in [-0.3, -0.25) is 4.79 Å². The zero-order valence-corrected chi connectivity index (χ0v) is 11.0. The fourth-order valence-electron chi connectivity index (χ4n) is 0.815. The highest BCUT2D eigenvalue weighted by Gasteiger charge is 2.08. The van der Waals surface area contributed by atoms with Crippen molar-refractivity contribution in [1.29, 1.82) is 0 Å². The smallest absolute Gasteiger partial charge is 0.407 e. The largest absolute Gasteiger partial charge is 0.453 e. The Morgan fingerprint density at radius 2 is 1.75 bits per heavy atom. The highest BCUT2D eigenvalue weighted by atomic mass is 16.5. The SMILES string of the molecule is CCC.CCCN(C)C(=O)CNC(=O)OC. The number of ether oxygens (including phenoxy) is 1. The summed E-state index contributed by atoms with van der Waals surface area (Å²) in [4.78, 5) is 23.4. The molecule has 0 aliphatic heterocycles. The minimum Gasteiger partial charge on any atom is -0.453 e. The van der Waals surface area contributed by atoms with Gasteiger partial charge in [-0.2, -0.15) is 0 Å². The van der Waals surface area contributed by atoms with Crippen molar-refractivity contribution >= 4 is 12.0 Å². The summed E-state index contributed by atoms with van der Waals surface area (Å²) in [5, 5.41) is 2.32. The van der Waals surface area contributed by atoms with Crippen molar-refractivity contribution in [2.45, 2.75) is 33.6 Å². The number of amides is 2. The summed E-state index contributed by atoms with van der Waals surface area (Å²) in [7, 11) is 2.96. The Bertz CT molecular complexity index is 196. The first-order valence-electron chi connectivity index (χ1n) is 5.59. The van der Waals surface area contributed by atoms with Gasteiger partial charge in [-0.15, -0.1) is 0 Å². The van der Waals surface area contributed by atoms with Gasteiger partial charge in [0.2, 0.25) is 5.91 Å². The Labute approximate surface area is 98.1 Å². The van der Waals surface area contributed by atoms with Gasteiger partial charge in [0.15, 0.2) is 0 Å². The van der Waals surface area contributed by atoms with E-state index in [1.165, 1.54) is 13.5 Å². The van der Waals surface area contributed by atoms with Gasteiger partial charge in [0.25, 0.3) is 0 Å². The Hall–Kier alpha value is -1.26. The summed E-state index contributed by atoms with van der Waals surface area (Å²) in [6.45, 7) is 6.92. The minimum atomic E-state index is -0.585. The first-order valence-corrected chi connectivity index (χ1v) is 5.59. The number of alkyl carbamates (subject to hydrolysis) is 1. The molecule has 0 aliphatic rings. The van der Waals surface area contributed by atoms with Crippen molar-refractivity contribution in [3.63, 3.8) is 0 Å². The third kappa shape index (κ3) is 10.8. The highest BCUT2D eigenvalue weighted by Crippen LogP contribution is 1.86. The number of methoxy groups -OCH3 is 1. The molecule has 2 amide bonds. The number of carbonyl (C=O) groups is 2. The van der Waals surface area contributed by atoms with E-state index in [9.17, 15) is 9.59 Å². The molecule has 0 heterocycles. The van der Waals surface area contributed by atoms with E-state index in [1.807, 2.05) is 6.92 Å². The summed E-state index contributed by atoms with van der Waals surface area (Å²) in [6, 6.07) is 0. The lowest BCUT2D eigenvalue weighted by Gasteiger charge is -2.15. The molecule has 16 heavy (non-hydrogen) atoms. The fourth-order valence-corrected chi connectivity index (χ4v) is 0.815. The van der Waals surface area contributed by atoms with E-state index in [0.29, 0.717) is 6.54 Å². The molecule has 0 fully saturated rings. The topological polar surface area (TPSA) is 58.6 Å². The lowest BCUT2D eigenvalue weighted by Crippen LogP contribution is -2.38. The van der Waals surface area contributed by atoms with Gasteiger partial charge in [0.05, 0.1) is 7.11 Å². The summed E-state index contributed by atoms with van der Waals surface area (Å²) < 4.78 is 4.32. The molecule has 0 aliphatic carbocycles. The van der Waals surface area contributed by atoms with Crippen LogP contribution in [0.4, 0.5) is 4.79 Å². The molecule has 1 N–H and O–H groups in total. The number of hydrogen-bond donors (Lipinski definition) is 1. The zero-order chi connectivity index (χ0) is 13.0. The van der Waals surface area contributed by atoms with Gasteiger partial charge in [-0.1, -0.05) is 27.2 Å². The predicted octanol–water partition coefficient (Wildman–Crippen LogP) is 1.63. The van der Waals surface area contributed by atoms with Crippen LogP contribution >= 0.6 is 0 Å². The van der Waals surface area contributed by atoms with Crippen molar-refractivity contribution in [3.8, 4) is 0 Å². The van der Waals surface area contributed by atoms with Crippen molar-refractivity contribution in [1.82, 2.24) is 10.2 Å². The first kappa shape index (κ1) is 17.1. The Balaban J connectivity index is 0. The predicted molar refractivity (Wildman–Crippen MR) is 64.3 cm³/mol. The fraction of sp³-hybridized carbons (Fsp3) is 0.818. The Morgan fingerprint density at radius 1 is 1.25 bits per heavy atom. The molecule has 5 heteroatoms. The molecular formula is C11H24N2O3. The maximum atomic E-state index is 11.2. The lowest BCUT2D eigenvalue weighted by atomic mass is 10.4. The molecule has 0 aromatic heterocycles. The van der Waals surface area contributed by atoms with Crippen molar-refractivity contribution in [3.05, 3.63) is 0 Å². The second-order valence-corrected chi connectivity index (χ2v) is 3.37. The molecule has 5 nitrogen and oxygen atoms in total. The average Bonchev–Trinajstić information content (AvgIpc) is 2.26. The van der Waals surface area contributed by atoms with E-state index in [1.54, 1.807) is 11.9 Å². The summed E-state index contributed by atoms with van der Waals surface area (Å²) in [5.74, 6) is -0.118. The maximum Gasteiger partial charge on any atom is 0.407 e. The molecule has 0 bridgehead atoms.